The van der Waals surface area contributed by atoms with Crippen LogP contribution in [0, 0.1) is 0 Å². The van der Waals surface area contributed by atoms with Gasteiger partial charge in [0.05, 0.1) is 11.8 Å². The molecule has 1 aromatic rings. The topological polar surface area (TPSA) is 105 Å². The lowest BCUT2D eigenvalue weighted by Gasteiger charge is -2.37. The van der Waals surface area contributed by atoms with Gasteiger partial charge in [-0.2, -0.15) is 4.31 Å². The van der Waals surface area contributed by atoms with Gasteiger partial charge in [-0.05, 0) is 37.8 Å². The SMILES string of the molecule is CS(=O)(=O)N1C2CCC1CC(Nc1ncccc1C(N)=O)C2. The minimum Gasteiger partial charge on any atom is -0.367 e. The highest BCUT2D eigenvalue weighted by Gasteiger charge is 2.45. The maximum absolute atomic E-state index is 11.9. The van der Waals surface area contributed by atoms with E-state index in [0.717, 1.165) is 25.7 Å². The van der Waals surface area contributed by atoms with Gasteiger partial charge in [0.1, 0.15) is 5.82 Å². The molecule has 8 heteroatoms. The Morgan fingerprint density at radius 3 is 2.55 bits per heavy atom. The number of hydrogen-bond donors (Lipinski definition) is 2. The monoisotopic (exact) mass is 324 g/mol. The molecular weight excluding hydrogens is 304 g/mol. The van der Waals surface area contributed by atoms with E-state index < -0.39 is 15.9 Å². The van der Waals surface area contributed by atoms with Crippen LogP contribution in [0.3, 0.4) is 0 Å². The second-order valence-electron chi connectivity index (χ2n) is 6.05. The number of amides is 1. The molecule has 3 heterocycles. The minimum absolute atomic E-state index is 0.0343. The standard InChI is InChI=1S/C14H20N4O3S/c1-22(20,21)18-10-4-5-11(18)8-9(7-10)17-14-12(13(15)19)3-2-6-16-14/h2-3,6,9-11H,4-5,7-8H2,1H3,(H2,15,19)(H,16,17). The molecule has 2 unspecified atom stereocenters. The maximum Gasteiger partial charge on any atom is 0.252 e. The lowest BCUT2D eigenvalue weighted by atomic mass is 9.99. The van der Waals surface area contributed by atoms with Gasteiger partial charge in [0, 0.05) is 24.3 Å². The Hall–Kier alpha value is -1.67. The molecular formula is C14H20N4O3S. The van der Waals surface area contributed by atoms with Crippen LogP contribution in [0.4, 0.5) is 5.82 Å². The highest BCUT2D eigenvalue weighted by atomic mass is 32.2. The van der Waals surface area contributed by atoms with Crippen molar-refractivity contribution in [2.45, 2.75) is 43.8 Å². The third-order valence-corrected chi connectivity index (χ3v) is 5.83. The van der Waals surface area contributed by atoms with Crippen molar-refractivity contribution < 1.29 is 13.2 Å². The number of fused-ring (bicyclic) bond motifs is 2. The summed E-state index contributed by atoms with van der Waals surface area (Å²) < 4.78 is 25.4. The molecule has 0 radical (unpaired) electrons. The summed E-state index contributed by atoms with van der Waals surface area (Å²) in [6.07, 6.45) is 6.10. The van der Waals surface area contributed by atoms with E-state index in [1.54, 1.807) is 22.6 Å². The van der Waals surface area contributed by atoms with Crippen LogP contribution in [0.5, 0.6) is 0 Å². The zero-order valence-corrected chi connectivity index (χ0v) is 13.2. The maximum atomic E-state index is 11.9. The van der Waals surface area contributed by atoms with E-state index in [9.17, 15) is 13.2 Å². The van der Waals surface area contributed by atoms with Crippen LogP contribution >= 0.6 is 0 Å². The van der Waals surface area contributed by atoms with E-state index in [1.165, 1.54) is 6.26 Å². The molecule has 2 aliphatic rings. The fraction of sp³-hybridized carbons (Fsp3) is 0.571. The molecule has 0 spiro atoms. The van der Waals surface area contributed by atoms with Gasteiger partial charge in [-0.25, -0.2) is 13.4 Å². The first kappa shape index (κ1) is 15.2. The van der Waals surface area contributed by atoms with Crippen LogP contribution in [-0.4, -0.2) is 48.0 Å². The molecule has 7 nitrogen and oxygen atoms in total. The molecule has 22 heavy (non-hydrogen) atoms. The third-order valence-electron chi connectivity index (χ3n) is 4.46. The largest absolute Gasteiger partial charge is 0.367 e. The first-order chi connectivity index (χ1) is 10.4. The number of pyridine rings is 1. The zero-order valence-electron chi connectivity index (χ0n) is 12.4. The van der Waals surface area contributed by atoms with E-state index >= 15 is 0 Å². The average molecular weight is 324 g/mol. The Bertz CT molecular complexity index is 677. The first-order valence-electron chi connectivity index (χ1n) is 7.36. The van der Waals surface area contributed by atoms with E-state index in [2.05, 4.69) is 10.3 Å². The molecule has 120 valence electrons. The van der Waals surface area contributed by atoms with Crippen molar-refractivity contribution in [2.24, 2.45) is 5.73 Å². The van der Waals surface area contributed by atoms with Crippen molar-refractivity contribution >= 4 is 21.7 Å². The number of nitrogens with one attached hydrogen (secondary N) is 1. The number of nitrogens with zero attached hydrogens (tertiary/aromatic N) is 2. The number of nitrogens with two attached hydrogens (primary N) is 1. The van der Waals surface area contributed by atoms with E-state index in [-0.39, 0.29) is 18.1 Å². The summed E-state index contributed by atoms with van der Waals surface area (Å²) in [5.74, 6) is -0.0423. The summed E-state index contributed by atoms with van der Waals surface area (Å²) in [5, 5.41) is 3.27. The third kappa shape index (κ3) is 2.80. The predicted molar refractivity (Wildman–Crippen MR) is 82.9 cm³/mol. The van der Waals surface area contributed by atoms with Crippen LogP contribution in [0.25, 0.3) is 0 Å². The van der Waals surface area contributed by atoms with Crippen LogP contribution in [0.2, 0.25) is 0 Å². The summed E-state index contributed by atoms with van der Waals surface area (Å²) in [6.45, 7) is 0. The highest BCUT2D eigenvalue weighted by molar-refractivity contribution is 7.88. The lowest BCUT2D eigenvalue weighted by molar-refractivity contribution is 0.100. The van der Waals surface area contributed by atoms with E-state index in [0.29, 0.717) is 11.4 Å². The van der Waals surface area contributed by atoms with Crippen LogP contribution < -0.4 is 11.1 Å². The fourth-order valence-electron chi connectivity index (χ4n) is 3.71. The Labute approximate surface area is 129 Å². The quantitative estimate of drug-likeness (QED) is 0.841. The molecule has 0 saturated carbocycles. The molecule has 2 atom stereocenters. The number of sulfonamides is 1. The van der Waals surface area contributed by atoms with Gasteiger partial charge in [0.25, 0.3) is 5.91 Å². The van der Waals surface area contributed by atoms with Gasteiger partial charge >= 0.3 is 0 Å². The summed E-state index contributed by atoms with van der Waals surface area (Å²) in [4.78, 5) is 15.6. The van der Waals surface area contributed by atoms with Gasteiger partial charge in [0.2, 0.25) is 10.0 Å². The number of hydrogen-bond acceptors (Lipinski definition) is 5. The van der Waals surface area contributed by atoms with Crippen molar-refractivity contribution in [1.82, 2.24) is 9.29 Å². The smallest absolute Gasteiger partial charge is 0.252 e. The second kappa shape index (κ2) is 5.51. The molecule has 3 rings (SSSR count). The van der Waals surface area contributed by atoms with Crippen molar-refractivity contribution in [2.75, 3.05) is 11.6 Å². The average Bonchev–Trinajstić information content (AvgIpc) is 2.72. The van der Waals surface area contributed by atoms with Gasteiger partial charge in [-0.1, -0.05) is 0 Å². The van der Waals surface area contributed by atoms with Crippen molar-refractivity contribution in [1.29, 1.82) is 0 Å². The predicted octanol–water partition coefficient (Wildman–Crippen LogP) is 0.547. The molecule has 2 bridgehead atoms. The highest BCUT2D eigenvalue weighted by Crippen LogP contribution is 2.38. The van der Waals surface area contributed by atoms with Crippen molar-refractivity contribution in [3.8, 4) is 0 Å². The van der Waals surface area contributed by atoms with Crippen LogP contribution in [0.15, 0.2) is 18.3 Å². The molecule has 2 aliphatic heterocycles. The number of anilines is 1. The molecule has 2 saturated heterocycles. The lowest BCUT2D eigenvalue weighted by Crippen LogP contribution is -2.49. The zero-order chi connectivity index (χ0) is 15.9. The number of carbonyl (C=O) groups is 1. The minimum atomic E-state index is -3.16. The molecule has 2 fully saturated rings. The molecule has 0 aromatic carbocycles. The molecule has 1 amide bonds. The van der Waals surface area contributed by atoms with E-state index in [1.807, 2.05) is 0 Å². The summed E-state index contributed by atoms with van der Waals surface area (Å²) in [7, 11) is -3.16. The van der Waals surface area contributed by atoms with Gasteiger partial charge < -0.3 is 11.1 Å². The Morgan fingerprint density at radius 1 is 1.36 bits per heavy atom. The first-order valence-corrected chi connectivity index (χ1v) is 9.21. The normalized spacial score (nSPS) is 28.5. The van der Waals surface area contributed by atoms with Gasteiger partial charge in [0.15, 0.2) is 0 Å². The molecule has 0 aliphatic carbocycles. The Balaban J connectivity index is 1.77. The number of piperidine rings is 1. The second-order valence-corrected chi connectivity index (χ2v) is 7.94. The van der Waals surface area contributed by atoms with Crippen molar-refractivity contribution in [3.05, 3.63) is 23.9 Å². The van der Waals surface area contributed by atoms with E-state index in [4.69, 9.17) is 5.73 Å². The summed E-state index contributed by atoms with van der Waals surface area (Å²) in [6, 6.07) is 3.47. The Morgan fingerprint density at radius 2 is 2.00 bits per heavy atom. The summed E-state index contributed by atoms with van der Waals surface area (Å²) >= 11 is 0. The number of primary amides is 1. The summed E-state index contributed by atoms with van der Waals surface area (Å²) in [5.41, 5.74) is 5.72. The fourth-order valence-corrected chi connectivity index (χ4v) is 5.17. The number of rotatable bonds is 4. The van der Waals surface area contributed by atoms with Gasteiger partial charge in [-0.3, -0.25) is 4.79 Å². The molecule has 1 aromatic heterocycles. The van der Waals surface area contributed by atoms with Gasteiger partial charge in [-0.15, -0.1) is 0 Å². The van der Waals surface area contributed by atoms with Crippen LogP contribution in [-0.2, 0) is 10.0 Å². The molecule has 3 N–H and O–H groups in total. The van der Waals surface area contributed by atoms with Crippen LogP contribution in [0.1, 0.15) is 36.0 Å². The number of aromatic nitrogens is 1. The van der Waals surface area contributed by atoms with Crippen molar-refractivity contribution in [3.63, 3.8) is 0 Å². The Kier molecular flexibility index (Phi) is 3.82. The number of carbonyl (C=O) groups excluding carboxylic acids is 1.